The molecule has 0 aromatic heterocycles. The first kappa shape index (κ1) is 15.5. The van der Waals surface area contributed by atoms with E-state index < -0.39 is 23.6 Å². The average molecular weight is 302 g/mol. The molecule has 7 heteroatoms. The van der Waals surface area contributed by atoms with Crippen molar-refractivity contribution in [3.63, 3.8) is 0 Å². The molecule has 22 heavy (non-hydrogen) atoms. The Morgan fingerprint density at radius 1 is 1.36 bits per heavy atom. The maximum Gasteiger partial charge on any atom is 0.335 e. The largest absolute Gasteiger partial charge is 0.468 e. The SMILES string of the molecule is COC(=O)[C@H](C#N)[C@@]1(OC)OC(=O)C=C1Nc1ccccc1. The molecule has 2 rings (SSSR count). The van der Waals surface area contributed by atoms with Gasteiger partial charge in [-0.3, -0.25) is 4.79 Å². The van der Waals surface area contributed by atoms with E-state index in [1.807, 2.05) is 6.07 Å². The number of cyclic esters (lactones) is 1. The number of nitriles is 1. The van der Waals surface area contributed by atoms with Gasteiger partial charge in [-0.15, -0.1) is 0 Å². The Hall–Kier alpha value is -2.85. The van der Waals surface area contributed by atoms with Gasteiger partial charge in [0.2, 0.25) is 5.92 Å². The van der Waals surface area contributed by atoms with E-state index in [9.17, 15) is 14.9 Å². The molecular weight excluding hydrogens is 288 g/mol. The van der Waals surface area contributed by atoms with E-state index in [1.165, 1.54) is 7.11 Å². The summed E-state index contributed by atoms with van der Waals surface area (Å²) in [5.74, 6) is -4.91. The van der Waals surface area contributed by atoms with Crippen LogP contribution >= 0.6 is 0 Å². The van der Waals surface area contributed by atoms with Crippen molar-refractivity contribution in [1.29, 1.82) is 5.26 Å². The van der Waals surface area contributed by atoms with Gasteiger partial charge in [0.15, 0.2) is 0 Å². The van der Waals surface area contributed by atoms with Crippen molar-refractivity contribution < 1.29 is 23.8 Å². The number of carbonyl (C=O) groups excluding carboxylic acids is 2. The first-order valence-corrected chi connectivity index (χ1v) is 6.37. The number of carbonyl (C=O) groups is 2. The highest BCUT2D eigenvalue weighted by Gasteiger charge is 2.55. The molecule has 0 radical (unpaired) electrons. The highest BCUT2D eigenvalue weighted by Crippen LogP contribution is 2.37. The van der Waals surface area contributed by atoms with Crippen molar-refractivity contribution >= 4 is 17.6 Å². The molecule has 1 N–H and O–H groups in total. The van der Waals surface area contributed by atoms with Crippen molar-refractivity contribution in [1.82, 2.24) is 0 Å². The van der Waals surface area contributed by atoms with Gasteiger partial charge in [-0.1, -0.05) is 18.2 Å². The molecule has 7 nitrogen and oxygen atoms in total. The molecule has 1 heterocycles. The van der Waals surface area contributed by atoms with Crippen LogP contribution in [0.5, 0.6) is 0 Å². The number of nitrogens with zero attached hydrogens (tertiary/aromatic N) is 1. The van der Waals surface area contributed by atoms with Crippen molar-refractivity contribution in [3.05, 3.63) is 42.1 Å². The first-order chi connectivity index (χ1) is 10.6. The molecule has 0 amide bonds. The third kappa shape index (κ3) is 2.64. The number of hydrogen-bond donors (Lipinski definition) is 1. The van der Waals surface area contributed by atoms with E-state index in [0.29, 0.717) is 5.69 Å². The standard InChI is InChI=1S/C15H14N2O5/c1-20-14(19)11(9-16)15(21-2)12(8-13(18)22-15)17-10-6-4-3-5-7-10/h3-8,11,17H,1-2H3/t11-,15+/m0/s1. The van der Waals surface area contributed by atoms with Crippen LogP contribution in [0.25, 0.3) is 0 Å². The molecule has 1 aliphatic rings. The van der Waals surface area contributed by atoms with E-state index in [2.05, 4.69) is 10.1 Å². The van der Waals surface area contributed by atoms with Crippen molar-refractivity contribution in [2.24, 2.45) is 5.92 Å². The Balaban J connectivity index is 2.41. The van der Waals surface area contributed by atoms with Gasteiger partial charge in [-0.2, -0.15) is 5.26 Å². The molecule has 0 spiro atoms. The van der Waals surface area contributed by atoms with Crippen LogP contribution in [0, 0.1) is 17.2 Å². The van der Waals surface area contributed by atoms with Gasteiger partial charge in [0, 0.05) is 18.9 Å². The molecule has 0 aliphatic carbocycles. The van der Waals surface area contributed by atoms with Crippen molar-refractivity contribution in [2.45, 2.75) is 5.79 Å². The molecule has 2 atom stereocenters. The van der Waals surface area contributed by atoms with Crippen LogP contribution < -0.4 is 5.32 Å². The second-order valence-corrected chi connectivity index (χ2v) is 4.43. The quantitative estimate of drug-likeness (QED) is 0.816. The summed E-state index contributed by atoms with van der Waals surface area (Å²) in [5, 5.41) is 12.2. The predicted molar refractivity (Wildman–Crippen MR) is 75.1 cm³/mol. The number of anilines is 1. The average Bonchev–Trinajstić information content (AvgIpc) is 2.85. The molecule has 0 bridgehead atoms. The lowest BCUT2D eigenvalue weighted by Gasteiger charge is -2.31. The Kier molecular flexibility index (Phi) is 4.44. The number of esters is 2. The van der Waals surface area contributed by atoms with Gasteiger partial charge in [-0.05, 0) is 12.1 Å². The normalized spacial score (nSPS) is 21.3. The zero-order valence-corrected chi connectivity index (χ0v) is 12.0. The zero-order valence-electron chi connectivity index (χ0n) is 12.0. The molecule has 0 saturated carbocycles. The van der Waals surface area contributed by atoms with Gasteiger partial charge < -0.3 is 19.5 Å². The minimum absolute atomic E-state index is 0.156. The lowest BCUT2D eigenvalue weighted by atomic mass is 9.97. The van der Waals surface area contributed by atoms with Crippen LogP contribution in [0.2, 0.25) is 0 Å². The number of nitrogens with one attached hydrogen (secondary N) is 1. The lowest BCUT2D eigenvalue weighted by molar-refractivity contribution is -0.210. The number of para-hydroxylation sites is 1. The molecule has 0 saturated heterocycles. The number of hydrogen-bond acceptors (Lipinski definition) is 7. The smallest absolute Gasteiger partial charge is 0.335 e. The number of rotatable bonds is 5. The Morgan fingerprint density at radius 3 is 2.59 bits per heavy atom. The third-order valence-electron chi connectivity index (χ3n) is 3.19. The van der Waals surface area contributed by atoms with Gasteiger partial charge >= 0.3 is 11.9 Å². The van der Waals surface area contributed by atoms with Gasteiger partial charge in [0.25, 0.3) is 5.79 Å². The summed E-state index contributed by atoms with van der Waals surface area (Å²) in [6.07, 6.45) is 1.14. The van der Waals surface area contributed by atoms with E-state index in [4.69, 9.17) is 9.47 Å². The van der Waals surface area contributed by atoms with E-state index in [0.717, 1.165) is 13.2 Å². The molecule has 114 valence electrons. The minimum atomic E-state index is -1.87. The Labute approximate surface area is 127 Å². The van der Waals surface area contributed by atoms with Gasteiger partial charge in [0.05, 0.1) is 18.9 Å². The van der Waals surface area contributed by atoms with E-state index in [1.54, 1.807) is 30.3 Å². The summed E-state index contributed by atoms with van der Waals surface area (Å²) in [4.78, 5) is 23.5. The fraction of sp³-hybridized carbons (Fsp3) is 0.267. The predicted octanol–water partition coefficient (Wildman–Crippen LogP) is 1.19. The second-order valence-electron chi connectivity index (χ2n) is 4.43. The molecule has 0 unspecified atom stereocenters. The van der Waals surface area contributed by atoms with E-state index in [-0.39, 0.29) is 5.70 Å². The number of benzene rings is 1. The second kappa shape index (κ2) is 6.28. The summed E-state index contributed by atoms with van der Waals surface area (Å²) >= 11 is 0. The summed E-state index contributed by atoms with van der Waals surface area (Å²) in [7, 11) is 2.38. The van der Waals surface area contributed by atoms with Crippen LogP contribution in [-0.2, 0) is 23.8 Å². The van der Waals surface area contributed by atoms with Crippen LogP contribution in [0.4, 0.5) is 5.69 Å². The fourth-order valence-electron chi connectivity index (χ4n) is 2.15. The Morgan fingerprint density at radius 2 is 2.05 bits per heavy atom. The maximum absolute atomic E-state index is 11.8. The topological polar surface area (TPSA) is 97.7 Å². The summed E-state index contributed by atoms with van der Waals surface area (Å²) in [5.41, 5.74) is 0.804. The summed E-state index contributed by atoms with van der Waals surface area (Å²) in [6.45, 7) is 0. The number of methoxy groups -OCH3 is 2. The first-order valence-electron chi connectivity index (χ1n) is 6.37. The maximum atomic E-state index is 11.8. The summed E-state index contributed by atoms with van der Waals surface area (Å²) < 4.78 is 14.9. The molecular formula is C15H14N2O5. The Bertz CT molecular complexity index is 650. The highest BCUT2D eigenvalue weighted by atomic mass is 16.7. The molecule has 1 aromatic rings. The molecule has 1 aliphatic heterocycles. The molecule has 1 aromatic carbocycles. The lowest BCUT2D eigenvalue weighted by Crippen LogP contribution is -2.48. The van der Waals surface area contributed by atoms with Crippen LogP contribution in [0.3, 0.4) is 0 Å². The number of ether oxygens (including phenoxy) is 3. The van der Waals surface area contributed by atoms with Crippen LogP contribution in [-0.4, -0.2) is 31.9 Å². The summed E-state index contributed by atoms with van der Waals surface area (Å²) in [6, 6.07) is 10.7. The van der Waals surface area contributed by atoms with E-state index >= 15 is 0 Å². The highest BCUT2D eigenvalue weighted by molar-refractivity contribution is 5.89. The van der Waals surface area contributed by atoms with Gasteiger partial charge in [0.1, 0.15) is 0 Å². The molecule has 0 fully saturated rings. The van der Waals surface area contributed by atoms with Crippen molar-refractivity contribution in [2.75, 3.05) is 19.5 Å². The van der Waals surface area contributed by atoms with Crippen LogP contribution in [0.1, 0.15) is 0 Å². The monoisotopic (exact) mass is 302 g/mol. The fourth-order valence-corrected chi connectivity index (χ4v) is 2.15. The zero-order chi connectivity index (χ0) is 16.2. The minimum Gasteiger partial charge on any atom is -0.468 e. The van der Waals surface area contributed by atoms with Crippen LogP contribution in [0.15, 0.2) is 42.1 Å². The van der Waals surface area contributed by atoms with Gasteiger partial charge in [-0.25, -0.2) is 4.79 Å². The van der Waals surface area contributed by atoms with Crippen molar-refractivity contribution in [3.8, 4) is 6.07 Å². The third-order valence-corrected chi connectivity index (χ3v) is 3.19.